The van der Waals surface area contributed by atoms with Gasteiger partial charge in [-0.1, -0.05) is 199 Å². The van der Waals surface area contributed by atoms with Crippen LogP contribution in [0.3, 0.4) is 0 Å². The molecule has 664 valence electrons. The Morgan fingerprint density at radius 2 is 0.844 bits per heavy atom. The number of hydrogen-bond acceptors (Lipinski definition) is 14. The molecule has 2 aliphatic rings. The Kier molecular flexibility index (Phi) is 33.8. The van der Waals surface area contributed by atoms with Crippen molar-refractivity contribution in [2.75, 3.05) is 66.2 Å². The lowest BCUT2D eigenvalue weighted by atomic mass is 9.99. The maximum absolute atomic E-state index is 15.0. The third-order valence-corrected chi connectivity index (χ3v) is 24.3. The standard InChI is InChI=1S/C27H27F3N2O2.C27H30N2O3.C26H26ClFN2O.C26H28FN3O/c1-4-26(34)32(16-17(2)3)23-12-9-21(15-22(23)28)18-5-7-19(8-6-18)24(33)13-10-20-11-14-25(29)31-27(20)30;1-4-27(31)29(18-19-32-3)25-14-11-23(12-15-25)22-7-9-24(10-8-22)26(30)16-13-21-6-5-17-28-20(21)2;1-3-26(14-15-26)30(2)23-11-10-21(16-22(23)28)19-6-8-20(9-7-19)24(31)12-4-18-5-13-25(27)29-17-18;1-3-26(14-15-26)30(2)23-11-10-21(16-22(23)27)19-6-8-20(9-7-19)24(31)12-4-18-5-13-25(28)29-17-18/h5-9,11-12,14-15,17H,4,10,13,16H2,1-3H3;5-12,14-15,17H,4,13,16,18-19H2,1-3H3;5-11,13,16-17H,3-4,12,14-15H2,1-2H3;5-11,13,16-17H,3-4,12,14-15H2,1-2H3,(H2,28,29). The predicted molar refractivity (Wildman–Crippen MR) is 502 cm³/mol. The lowest BCUT2D eigenvalue weighted by Crippen LogP contribution is -2.34. The SMILES string of the molecule is CCC(=O)N(CC(C)C)c1ccc(-c2ccc(C(=O)CCc3ccc(F)nc3F)cc2)cc1F.CCC(=O)N(CCOC)c1ccc(-c2ccc(C(=O)CCc3cccnc3C)cc2)cc1.CCC1(N(C)c2ccc(-c3ccc(C(=O)CCc4ccc(Cl)nc4)cc3)cc2F)CC1.CCC1(N(C)c2ccc(-c3ccc(C(=O)CCc4ccc(N)nc4)cc3)cc2F)CC1. The number of nitrogen functional groups attached to an aromatic ring is 1. The number of aryl methyl sites for hydroxylation is 5. The fraction of sp³-hybridized carbons (Fsp3) is 0.302. The van der Waals surface area contributed by atoms with Gasteiger partial charge in [0.25, 0.3) is 0 Å². The van der Waals surface area contributed by atoms with Gasteiger partial charge in [-0.2, -0.15) is 13.8 Å². The van der Waals surface area contributed by atoms with Crippen molar-refractivity contribution < 1.29 is 55.5 Å². The molecule has 0 saturated heterocycles. The Morgan fingerprint density at radius 1 is 0.453 bits per heavy atom. The molecular weight excluding hydrogens is 1640 g/mol. The normalized spacial score (nSPS) is 12.5. The van der Waals surface area contributed by atoms with Crippen LogP contribution in [0.15, 0.2) is 243 Å². The zero-order chi connectivity index (χ0) is 91.8. The number of nitrogens with zero attached hydrogens (tertiary/aromatic N) is 8. The van der Waals surface area contributed by atoms with E-state index in [9.17, 15) is 50.7 Å². The van der Waals surface area contributed by atoms with Gasteiger partial charge < -0.3 is 30.1 Å². The van der Waals surface area contributed by atoms with Crippen LogP contribution in [0.4, 0.5) is 50.5 Å². The van der Waals surface area contributed by atoms with Gasteiger partial charge in [-0.05, 0) is 217 Å². The minimum absolute atomic E-state index is 0.0457. The smallest absolute Gasteiger partial charge is 0.226 e. The van der Waals surface area contributed by atoms with E-state index in [1.54, 1.807) is 98.2 Å². The first-order chi connectivity index (χ1) is 61.5. The number of carbonyl (C=O) groups excluding carboxylic acids is 6. The van der Waals surface area contributed by atoms with E-state index in [1.807, 2.05) is 187 Å². The Labute approximate surface area is 752 Å². The second kappa shape index (κ2) is 45.1. The van der Waals surface area contributed by atoms with Crippen LogP contribution >= 0.6 is 11.6 Å². The predicted octanol–water partition coefficient (Wildman–Crippen LogP) is 24.0. The first-order valence-electron chi connectivity index (χ1n) is 43.7. The van der Waals surface area contributed by atoms with Crippen LogP contribution in [0.5, 0.6) is 0 Å². The van der Waals surface area contributed by atoms with E-state index in [4.69, 9.17) is 22.1 Å². The van der Waals surface area contributed by atoms with Gasteiger partial charge in [0.2, 0.25) is 23.7 Å². The summed E-state index contributed by atoms with van der Waals surface area (Å²) in [5.41, 5.74) is 21.7. The molecule has 4 aromatic heterocycles. The molecule has 128 heavy (non-hydrogen) atoms. The lowest BCUT2D eigenvalue weighted by Gasteiger charge is -2.29. The van der Waals surface area contributed by atoms with Gasteiger partial charge in [-0.15, -0.1) is 0 Å². The average molecular weight is 1750 g/mol. The number of rotatable bonds is 35. The molecule has 0 spiro atoms. The van der Waals surface area contributed by atoms with Gasteiger partial charge in [0.05, 0.1) is 23.7 Å². The Balaban J connectivity index is 0.000000165. The number of methoxy groups -OCH3 is 1. The molecule has 0 radical (unpaired) electrons. The highest BCUT2D eigenvalue weighted by Crippen LogP contribution is 2.48. The molecule has 2 amide bonds. The molecule has 2 saturated carbocycles. The van der Waals surface area contributed by atoms with Gasteiger partial charge in [-0.25, -0.2) is 23.1 Å². The fourth-order valence-corrected chi connectivity index (χ4v) is 15.6. The quantitative estimate of drug-likeness (QED) is 0.0223. The van der Waals surface area contributed by atoms with Gasteiger partial charge in [-0.3, -0.25) is 33.8 Å². The molecule has 16 nitrogen and oxygen atoms in total. The fourth-order valence-electron chi connectivity index (χ4n) is 15.5. The number of carbonyl (C=O) groups is 6. The zero-order valence-electron chi connectivity index (χ0n) is 74.4. The Morgan fingerprint density at radius 3 is 1.21 bits per heavy atom. The molecule has 2 fully saturated rings. The number of ketones is 4. The highest BCUT2D eigenvalue weighted by Gasteiger charge is 2.46. The van der Waals surface area contributed by atoms with Crippen LogP contribution in [-0.4, -0.2) is 107 Å². The molecule has 8 aromatic carbocycles. The molecule has 0 unspecified atom stereocenters. The molecule has 22 heteroatoms. The summed E-state index contributed by atoms with van der Waals surface area (Å²) in [5, 5.41) is 0.444. The second-order valence-electron chi connectivity index (χ2n) is 32.9. The maximum Gasteiger partial charge on any atom is 0.226 e. The lowest BCUT2D eigenvalue weighted by molar-refractivity contribution is -0.119. The summed E-state index contributed by atoms with van der Waals surface area (Å²) in [4.78, 5) is 97.6. The van der Waals surface area contributed by atoms with E-state index in [2.05, 4.69) is 43.6 Å². The van der Waals surface area contributed by atoms with E-state index in [-0.39, 0.29) is 94.1 Å². The summed E-state index contributed by atoms with van der Waals surface area (Å²) >= 11 is 5.79. The van der Waals surface area contributed by atoms with Gasteiger partial charge in [0.15, 0.2) is 23.1 Å². The Bertz CT molecular complexity index is 5620. The van der Waals surface area contributed by atoms with Crippen molar-refractivity contribution in [3.63, 3.8) is 0 Å². The molecule has 0 atom stereocenters. The highest BCUT2D eigenvalue weighted by atomic mass is 35.5. The number of aromatic nitrogens is 4. The number of hydrogen-bond donors (Lipinski definition) is 1. The van der Waals surface area contributed by atoms with Crippen LogP contribution in [-0.2, 0) is 40.0 Å². The van der Waals surface area contributed by atoms with E-state index in [1.165, 1.54) is 17.0 Å². The summed E-state index contributed by atoms with van der Waals surface area (Å²) in [5.74, 6) is -2.07. The summed E-state index contributed by atoms with van der Waals surface area (Å²) < 4.78 is 76.4. The maximum atomic E-state index is 15.0. The van der Waals surface area contributed by atoms with E-state index in [0.717, 1.165) is 106 Å². The first-order valence-corrected chi connectivity index (χ1v) is 44.1. The molecule has 12 aromatic rings. The topological polar surface area (TPSA) is 202 Å². The van der Waals surface area contributed by atoms with Crippen molar-refractivity contribution in [3.8, 4) is 44.5 Å². The van der Waals surface area contributed by atoms with Crippen molar-refractivity contribution >= 4 is 75.1 Å². The number of benzene rings is 8. The first kappa shape index (κ1) is 95.9. The molecule has 0 aliphatic heterocycles. The zero-order valence-corrected chi connectivity index (χ0v) is 75.1. The van der Waals surface area contributed by atoms with Crippen molar-refractivity contribution in [3.05, 3.63) is 328 Å². The van der Waals surface area contributed by atoms with E-state index >= 15 is 0 Å². The van der Waals surface area contributed by atoms with Crippen molar-refractivity contribution in [2.45, 2.75) is 162 Å². The highest BCUT2D eigenvalue weighted by molar-refractivity contribution is 6.29. The van der Waals surface area contributed by atoms with Crippen LogP contribution in [0, 0.1) is 42.2 Å². The number of ether oxygens (including phenoxy) is 1. The number of nitrogens with two attached hydrogens (primary N) is 1. The summed E-state index contributed by atoms with van der Waals surface area (Å²) in [6, 6.07) is 66.1. The molecule has 14 rings (SSSR count). The summed E-state index contributed by atoms with van der Waals surface area (Å²) in [6.07, 6.45) is 15.7. The number of anilines is 5. The molecule has 2 aliphatic carbocycles. The van der Waals surface area contributed by atoms with E-state index in [0.29, 0.717) is 120 Å². The third kappa shape index (κ3) is 25.6. The van der Waals surface area contributed by atoms with Gasteiger partial charge >= 0.3 is 0 Å². The van der Waals surface area contributed by atoms with E-state index < -0.39 is 17.7 Å². The second-order valence-corrected chi connectivity index (χ2v) is 33.3. The van der Waals surface area contributed by atoms with Crippen molar-refractivity contribution in [1.82, 2.24) is 19.9 Å². The minimum Gasteiger partial charge on any atom is -0.384 e. The van der Waals surface area contributed by atoms with Gasteiger partial charge in [0, 0.05) is 142 Å². The van der Waals surface area contributed by atoms with Crippen molar-refractivity contribution in [1.29, 1.82) is 0 Å². The van der Waals surface area contributed by atoms with Crippen LogP contribution in [0.1, 0.15) is 188 Å². The largest absolute Gasteiger partial charge is 0.384 e. The number of Topliss-reactive ketones (excluding diaryl/α,β-unsaturated/α-hetero) is 4. The third-order valence-electron chi connectivity index (χ3n) is 24.0. The van der Waals surface area contributed by atoms with Crippen LogP contribution in [0.25, 0.3) is 44.5 Å². The monoisotopic (exact) mass is 1750 g/mol. The Hall–Kier alpha value is -12.7. The average Bonchev–Trinajstić information content (AvgIpc) is 1.61. The molecule has 2 N–H and O–H groups in total. The number of amides is 2. The molecule has 0 bridgehead atoms. The number of pyridine rings is 4. The minimum atomic E-state index is -0.916. The molecule has 4 heterocycles. The van der Waals surface area contributed by atoms with Crippen molar-refractivity contribution in [2.24, 2.45) is 5.92 Å². The summed E-state index contributed by atoms with van der Waals surface area (Å²) in [7, 11) is 5.59. The molecular formula is C106H111ClF5N9O7. The summed E-state index contributed by atoms with van der Waals surface area (Å²) in [6.45, 7) is 15.3. The van der Waals surface area contributed by atoms with Crippen LogP contribution in [0.2, 0.25) is 5.15 Å². The van der Waals surface area contributed by atoms with Crippen LogP contribution < -0.4 is 25.3 Å². The van der Waals surface area contributed by atoms with Gasteiger partial charge in [0.1, 0.15) is 28.4 Å². The number of halogens is 6.